The number of hydrogen-bond acceptors (Lipinski definition) is 7. The monoisotopic (exact) mass is 664 g/mol. The minimum Gasteiger partial charge on any atom is -0.509 e. The lowest BCUT2D eigenvalue weighted by atomic mass is 9.57. The van der Waals surface area contributed by atoms with E-state index < -0.39 is 34.8 Å². The van der Waals surface area contributed by atoms with Gasteiger partial charge in [0.2, 0.25) is 0 Å². The first-order chi connectivity index (χ1) is 24.7. The van der Waals surface area contributed by atoms with E-state index in [1.165, 1.54) is 0 Å². The molecule has 0 bridgehead atoms. The summed E-state index contributed by atoms with van der Waals surface area (Å²) in [5.41, 5.74) is 1.41. The number of rotatable bonds is 2. The van der Waals surface area contributed by atoms with Crippen LogP contribution in [0.1, 0.15) is 49.8 Å². The van der Waals surface area contributed by atoms with Crippen molar-refractivity contribution in [1.29, 1.82) is 0 Å². The predicted octanol–water partition coefficient (Wildman–Crippen LogP) is 6.82. The van der Waals surface area contributed by atoms with E-state index in [1.807, 2.05) is 30.3 Å². The standard InChI is InChI=1S/C42H16O9/c43-21-10-13-9-16(38(46)47)14-3-1-11-7-18-26-27-22(11)24(14)23(13)33-30(27)28-29-25-15(36(45)31(28)37-40(21,33)50-37)4-2-12-8-17(39(48)49)19-5-6-20(35(18)44)42(34(26)29)41(19,51-42)32(12)25/h1-10,37,43-45H,(H,46,47)(H,48,49). The Kier molecular flexibility index (Phi) is 3.13. The molecule has 4 unspecified atom stereocenters. The number of carbonyl (C=O) groups is 2. The zero-order valence-corrected chi connectivity index (χ0v) is 25.7. The van der Waals surface area contributed by atoms with Gasteiger partial charge >= 0.3 is 11.9 Å². The van der Waals surface area contributed by atoms with Crippen LogP contribution in [-0.4, -0.2) is 37.5 Å². The molecule has 8 aliphatic rings. The number of aliphatic hydroxyl groups excluding tert-OH is 2. The summed E-state index contributed by atoms with van der Waals surface area (Å²) in [7, 11) is 0. The largest absolute Gasteiger partial charge is 0.509 e. The SMILES string of the molecule is O=C(O)C1=C2C=CC3=C(O)c4cc5ccc6c(C(=O)O)cc7c8c9c%10c%11c(c(O)c%12ccc(c%13c%12c%11c(c4c%10c5c68)C34OC2%134)=C1)C1OC91C(O)=C7. The second kappa shape index (κ2) is 6.46. The average Bonchev–Trinajstić information content (AvgIpc) is 4.03. The predicted molar refractivity (Wildman–Crippen MR) is 185 cm³/mol. The van der Waals surface area contributed by atoms with Crippen molar-refractivity contribution in [2.45, 2.75) is 22.9 Å². The summed E-state index contributed by atoms with van der Waals surface area (Å²) in [6.07, 6.45) is 6.06. The third-order valence-corrected chi connectivity index (χ3v) is 13.6. The number of fused-ring (bicyclic) bond motifs is 1. The molecule has 6 aliphatic carbocycles. The fourth-order valence-electron chi connectivity index (χ4n) is 12.0. The van der Waals surface area contributed by atoms with Gasteiger partial charge in [-0.3, -0.25) is 0 Å². The molecule has 9 nitrogen and oxygen atoms in total. The normalized spacial score (nSPS) is 28.5. The number of aromatic hydroxyl groups is 1. The average molecular weight is 665 g/mol. The number of phenolic OH excluding ortho intramolecular Hbond substituents is 1. The molecule has 0 saturated carbocycles. The quantitative estimate of drug-likeness (QED) is 0.0759. The van der Waals surface area contributed by atoms with Crippen LogP contribution in [0.15, 0.2) is 71.0 Å². The van der Waals surface area contributed by atoms with Crippen LogP contribution in [0.25, 0.3) is 82.5 Å². The number of carboxylic acid groups (broad SMARTS) is 2. The van der Waals surface area contributed by atoms with Gasteiger partial charge < -0.3 is 35.0 Å². The number of hydrogen-bond donors (Lipinski definition) is 5. The van der Waals surface area contributed by atoms with Crippen LogP contribution in [0.4, 0.5) is 0 Å². The number of aromatic carboxylic acids is 1. The number of phenols is 1. The van der Waals surface area contributed by atoms with E-state index in [9.17, 15) is 35.1 Å². The van der Waals surface area contributed by atoms with E-state index in [0.717, 1.165) is 70.6 Å². The summed E-state index contributed by atoms with van der Waals surface area (Å²) in [5.74, 6) is -2.19. The molecular weight excluding hydrogens is 648 g/mol. The van der Waals surface area contributed by atoms with E-state index in [4.69, 9.17) is 9.47 Å². The number of ether oxygens (including phenoxy) is 2. The number of aliphatic hydroxyl groups is 2. The van der Waals surface area contributed by atoms with Crippen molar-refractivity contribution in [1.82, 2.24) is 0 Å². The van der Waals surface area contributed by atoms with Gasteiger partial charge in [-0.05, 0) is 78.2 Å². The van der Waals surface area contributed by atoms with Gasteiger partial charge in [-0.15, -0.1) is 0 Å². The van der Waals surface area contributed by atoms with E-state index in [2.05, 4.69) is 0 Å². The van der Waals surface area contributed by atoms with Gasteiger partial charge in [-0.25, -0.2) is 9.59 Å². The Morgan fingerprint density at radius 1 is 0.686 bits per heavy atom. The van der Waals surface area contributed by atoms with E-state index in [1.54, 1.807) is 30.4 Å². The zero-order chi connectivity index (χ0) is 33.7. The van der Waals surface area contributed by atoms with Crippen LogP contribution in [0.5, 0.6) is 5.75 Å². The maximum absolute atomic E-state index is 12.8. The molecule has 0 amide bonds. The maximum atomic E-state index is 12.8. The fourth-order valence-corrected chi connectivity index (χ4v) is 12.0. The Morgan fingerprint density at radius 2 is 1.47 bits per heavy atom. The summed E-state index contributed by atoms with van der Waals surface area (Å²) >= 11 is 0. The van der Waals surface area contributed by atoms with Crippen LogP contribution in [0.2, 0.25) is 0 Å². The molecule has 2 fully saturated rings. The second-order valence-electron chi connectivity index (χ2n) is 15.1. The Morgan fingerprint density at radius 3 is 2.29 bits per heavy atom. The molecule has 9 heteroatoms. The number of benzene rings is 7. The molecular formula is C42H16O9. The molecule has 2 aliphatic heterocycles. The van der Waals surface area contributed by atoms with Crippen molar-refractivity contribution in [2.75, 3.05) is 0 Å². The zero-order valence-electron chi connectivity index (χ0n) is 25.7. The fraction of sp³-hybridized carbons (Fsp3) is 0.0952. The number of epoxide rings is 2. The van der Waals surface area contributed by atoms with Crippen molar-refractivity contribution < 1.29 is 44.6 Å². The van der Waals surface area contributed by atoms with Crippen LogP contribution < -0.4 is 5.22 Å². The molecule has 238 valence electrons. The van der Waals surface area contributed by atoms with Crippen LogP contribution in [0, 0.1) is 0 Å². The molecule has 0 aromatic heterocycles. The third kappa shape index (κ3) is 1.91. The van der Waals surface area contributed by atoms with Crippen molar-refractivity contribution in [2.24, 2.45) is 0 Å². The van der Waals surface area contributed by atoms with Gasteiger partial charge in [0.25, 0.3) is 0 Å². The smallest absolute Gasteiger partial charge is 0.336 e. The molecule has 2 saturated heterocycles. The lowest BCUT2D eigenvalue weighted by molar-refractivity contribution is -0.132. The van der Waals surface area contributed by atoms with Gasteiger partial charge in [0, 0.05) is 60.5 Å². The first kappa shape index (κ1) is 24.7. The van der Waals surface area contributed by atoms with Gasteiger partial charge in [-0.1, -0.05) is 36.4 Å². The third-order valence-electron chi connectivity index (χ3n) is 13.6. The topological polar surface area (TPSA) is 160 Å². The minimum absolute atomic E-state index is 0.0269. The van der Waals surface area contributed by atoms with Crippen molar-refractivity contribution in [3.63, 3.8) is 0 Å². The van der Waals surface area contributed by atoms with Crippen LogP contribution >= 0.6 is 0 Å². The summed E-state index contributed by atoms with van der Waals surface area (Å²) in [4.78, 5) is 25.6. The molecule has 3 spiro atoms. The molecule has 5 N–H and O–H groups in total. The summed E-state index contributed by atoms with van der Waals surface area (Å²) in [6.45, 7) is 0. The summed E-state index contributed by atoms with van der Waals surface area (Å²) in [5, 5.41) is 67.2. The molecule has 2 heterocycles. The van der Waals surface area contributed by atoms with Gasteiger partial charge in [0.15, 0.2) is 16.8 Å². The lowest BCUT2D eigenvalue weighted by Gasteiger charge is -2.40. The number of aliphatic carboxylic acids is 1. The molecule has 7 aromatic rings. The Bertz CT molecular complexity index is 3470. The van der Waals surface area contributed by atoms with Crippen molar-refractivity contribution >= 4 is 94.5 Å². The molecule has 7 aromatic carbocycles. The first-order valence-electron chi connectivity index (χ1n) is 16.7. The Labute approximate surface area is 282 Å². The van der Waals surface area contributed by atoms with Gasteiger partial charge in [0.1, 0.15) is 23.4 Å². The van der Waals surface area contributed by atoms with E-state index >= 15 is 0 Å². The number of carboxylic acids is 2. The van der Waals surface area contributed by atoms with E-state index in [-0.39, 0.29) is 28.4 Å². The maximum Gasteiger partial charge on any atom is 0.336 e. The highest BCUT2D eigenvalue weighted by Gasteiger charge is 2.81. The van der Waals surface area contributed by atoms with Crippen molar-refractivity contribution in [3.05, 3.63) is 115 Å². The van der Waals surface area contributed by atoms with Gasteiger partial charge in [0.05, 0.1) is 11.1 Å². The minimum atomic E-state index is -1.29. The summed E-state index contributed by atoms with van der Waals surface area (Å²) in [6, 6.07) is 10.9. The van der Waals surface area contributed by atoms with Crippen molar-refractivity contribution in [3.8, 4) is 5.75 Å². The molecule has 4 atom stereocenters. The highest BCUT2D eigenvalue weighted by Crippen LogP contribution is 2.81. The molecule has 51 heavy (non-hydrogen) atoms. The molecule has 0 radical (unpaired) electrons. The molecule has 15 rings (SSSR count). The lowest BCUT2D eigenvalue weighted by Crippen LogP contribution is -2.40. The Hall–Kier alpha value is -6.42. The van der Waals surface area contributed by atoms with Crippen LogP contribution in [0.3, 0.4) is 0 Å². The highest BCUT2D eigenvalue weighted by atomic mass is 16.6. The Balaban J connectivity index is 1.36. The van der Waals surface area contributed by atoms with Gasteiger partial charge in [-0.2, -0.15) is 0 Å². The van der Waals surface area contributed by atoms with Crippen LogP contribution in [-0.2, 0) is 31.1 Å². The highest BCUT2D eigenvalue weighted by molar-refractivity contribution is 6.43. The first-order valence-corrected chi connectivity index (χ1v) is 16.7. The summed E-state index contributed by atoms with van der Waals surface area (Å²) < 4.78 is 13.7. The second-order valence-corrected chi connectivity index (χ2v) is 15.1. The van der Waals surface area contributed by atoms with E-state index in [0.29, 0.717) is 43.8 Å².